The van der Waals surface area contributed by atoms with Gasteiger partial charge in [0.2, 0.25) is 5.91 Å². The van der Waals surface area contributed by atoms with Crippen molar-refractivity contribution in [2.45, 2.75) is 32.2 Å². The zero-order valence-electron chi connectivity index (χ0n) is 14.4. The fourth-order valence-corrected chi connectivity index (χ4v) is 3.50. The number of benzene rings is 1. The van der Waals surface area contributed by atoms with E-state index in [2.05, 4.69) is 0 Å². The molecule has 8 heteroatoms. The Kier molecular flexibility index (Phi) is 5.31. The van der Waals surface area contributed by atoms with Crippen LogP contribution in [0.3, 0.4) is 0 Å². The summed E-state index contributed by atoms with van der Waals surface area (Å²) in [6.07, 6.45) is 1.10. The van der Waals surface area contributed by atoms with Gasteiger partial charge in [-0.25, -0.2) is 13.7 Å². The van der Waals surface area contributed by atoms with Gasteiger partial charge in [-0.1, -0.05) is 0 Å². The van der Waals surface area contributed by atoms with Crippen molar-refractivity contribution in [1.82, 2.24) is 4.90 Å². The summed E-state index contributed by atoms with van der Waals surface area (Å²) in [6.45, 7) is 3.08. The predicted octanol–water partition coefficient (Wildman–Crippen LogP) is 1.87. The van der Waals surface area contributed by atoms with Gasteiger partial charge in [0.1, 0.15) is 0 Å². The van der Waals surface area contributed by atoms with Crippen LogP contribution in [0, 0.1) is 17.6 Å². The molecule has 3 rings (SSSR count). The number of hydrogen-bond acceptors (Lipinski definition) is 5. The lowest BCUT2D eigenvalue weighted by atomic mass is 9.95. The summed E-state index contributed by atoms with van der Waals surface area (Å²) < 4.78 is 31.6. The van der Waals surface area contributed by atoms with Crippen molar-refractivity contribution in [3.8, 4) is 0 Å². The van der Waals surface area contributed by atoms with E-state index in [-0.39, 0.29) is 24.0 Å². The van der Waals surface area contributed by atoms with Gasteiger partial charge >= 0.3 is 5.97 Å². The van der Waals surface area contributed by atoms with Crippen LogP contribution < -0.4 is 4.90 Å². The Balaban J connectivity index is 1.68. The van der Waals surface area contributed by atoms with Gasteiger partial charge in [-0.3, -0.25) is 19.3 Å². The number of carbonyl (C=O) groups excluding carboxylic acids is 3. The van der Waals surface area contributed by atoms with Crippen LogP contribution in [0.2, 0.25) is 0 Å². The lowest BCUT2D eigenvalue weighted by molar-refractivity contribution is -0.149. The summed E-state index contributed by atoms with van der Waals surface area (Å²) in [5.41, 5.74) is 0.0304. The van der Waals surface area contributed by atoms with Gasteiger partial charge in [0, 0.05) is 6.07 Å². The molecule has 2 aliphatic heterocycles. The number of amides is 2. The first kappa shape index (κ1) is 18.4. The summed E-state index contributed by atoms with van der Waals surface area (Å²) in [7, 11) is 0. The highest BCUT2D eigenvalue weighted by Gasteiger charge is 2.44. The highest BCUT2D eigenvalue weighted by molar-refractivity contribution is 6.22. The minimum atomic E-state index is -1.11. The average Bonchev–Trinajstić information content (AvgIpc) is 2.92. The molecule has 140 valence electrons. The molecule has 0 N–H and O–H groups in total. The van der Waals surface area contributed by atoms with Crippen LogP contribution in [-0.4, -0.2) is 48.4 Å². The van der Waals surface area contributed by atoms with E-state index in [0.29, 0.717) is 32.5 Å². The number of ether oxygens (including phenoxy) is 1. The molecule has 0 aliphatic carbocycles. The Morgan fingerprint density at radius 2 is 1.88 bits per heavy atom. The van der Waals surface area contributed by atoms with E-state index < -0.39 is 29.5 Å². The summed E-state index contributed by atoms with van der Waals surface area (Å²) in [5.74, 6) is -3.47. The molecule has 1 aromatic rings. The fraction of sp³-hybridized carbons (Fsp3) is 0.500. The minimum absolute atomic E-state index is 0.0120. The van der Waals surface area contributed by atoms with E-state index in [1.807, 2.05) is 4.90 Å². The molecular formula is C18H20F2N2O4. The molecule has 0 bridgehead atoms. The number of likely N-dealkylation sites (tertiary alicyclic amines) is 1. The maximum Gasteiger partial charge on any atom is 0.309 e. The molecule has 0 unspecified atom stereocenters. The first-order valence-electron chi connectivity index (χ1n) is 8.65. The second-order valence-electron chi connectivity index (χ2n) is 6.45. The normalized spacial score (nSPS) is 22.1. The van der Waals surface area contributed by atoms with Gasteiger partial charge in [-0.15, -0.1) is 0 Å². The minimum Gasteiger partial charge on any atom is -0.466 e. The molecule has 1 aromatic carbocycles. The SMILES string of the molecule is CCOC(=O)C1CCN([C@H]2CC(=O)N(c3ccc(F)c(F)c3)C2=O)CC1. The first-order chi connectivity index (χ1) is 12.4. The van der Waals surface area contributed by atoms with Crippen LogP contribution >= 0.6 is 0 Å². The van der Waals surface area contributed by atoms with Crippen molar-refractivity contribution in [2.24, 2.45) is 5.92 Å². The molecule has 2 aliphatic rings. The van der Waals surface area contributed by atoms with E-state index in [0.717, 1.165) is 17.0 Å². The highest BCUT2D eigenvalue weighted by Crippen LogP contribution is 2.29. The van der Waals surface area contributed by atoms with Crippen molar-refractivity contribution in [3.63, 3.8) is 0 Å². The van der Waals surface area contributed by atoms with Crippen molar-refractivity contribution < 1.29 is 27.9 Å². The lowest BCUT2D eigenvalue weighted by Gasteiger charge is -2.33. The number of hydrogen-bond donors (Lipinski definition) is 0. The predicted molar refractivity (Wildman–Crippen MR) is 88.2 cm³/mol. The molecule has 0 saturated carbocycles. The third-order valence-corrected chi connectivity index (χ3v) is 4.87. The van der Waals surface area contributed by atoms with Crippen LogP contribution in [0.25, 0.3) is 0 Å². The molecule has 6 nitrogen and oxygen atoms in total. The summed E-state index contributed by atoms with van der Waals surface area (Å²) >= 11 is 0. The maximum absolute atomic E-state index is 13.4. The van der Waals surface area contributed by atoms with Crippen LogP contribution in [0.4, 0.5) is 14.5 Å². The zero-order valence-corrected chi connectivity index (χ0v) is 14.4. The third-order valence-electron chi connectivity index (χ3n) is 4.87. The second-order valence-corrected chi connectivity index (χ2v) is 6.45. The first-order valence-corrected chi connectivity index (χ1v) is 8.65. The number of anilines is 1. The third kappa shape index (κ3) is 3.46. The molecule has 0 spiro atoms. The second kappa shape index (κ2) is 7.49. The largest absolute Gasteiger partial charge is 0.466 e. The van der Waals surface area contributed by atoms with Crippen molar-refractivity contribution in [2.75, 3.05) is 24.6 Å². The van der Waals surface area contributed by atoms with E-state index >= 15 is 0 Å². The van der Waals surface area contributed by atoms with Gasteiger partial charge in [-0.05, 0) is 45.0 Å². The van der Waals surface area contributed by atoms with Crippen LogP contribution in [0.5, 0.6) is 0 Å². The lowest BCUT2D eigenvalue weighted by Crippen LogP contribution is -2.47. The number of esters is 1. The van der Waals surface area contributed by atoms with Crippen LogP contribution in [0.15, 0.2) is 18.2 Å². The van der Waals surface area contributed by atoms with Crippen LogP contribution in [0.1, 0.15) is 26.2 Å². The molecule has 0 aromatic heterocycles. The molecule has 2 heterocycles. The standard InChI is InChI=1S/C18H20F2N2O4/c1-2-26-18(25)11-5-7-21(8-6-11)15-10-16(23)22(17(15)24)12-3-4-13(19)14(20)9-12/h3-4,9,11,15H,2,5-8,10H2,1H3/t15-/m0/s1. The number of halogens is 2. The molecule has 2 saturated heterocycles. The number of imide groups is 1. The number of carbonyl (C=O) groups is 3. The Morgan fingerprint density at radius 3 is 2.50 bits per heavy atom. The Labute approximate surface area is 149 Å². The highest BCUT2D eigenvalue weighted by atomic mass is 19.2. The van der Waals surface area contributed by atoms with Crippen molar-refractivity contribution in [3.05, 3.63) is 29.8 Å². The van der Waals surface area contributed by atoms with Gasteiger partial charge in [0.15, 0.2) is 11.6 Å². The molecule has 1 atom stereocenters. The monoisotopic (exact) mass is 366 g/mol. The number of rotatable bonds is 4. The van der Waals surface area contributed by atoms with Gasteiger partial charge in [0.05, 0.1) is 30.7 Å². The maximum atomic E-state index is 13.4. The Bertz CT molecular complexity index is 732. The molecule has 2 amide bonds. The average molecular weight is 366 g/mol. The molecule has 2 fully saturated rings. The molecule has 26 heavy (non-hydrogen) atoms. The summed E-state index contributed by atoms with van der Waals surface area (Å²) in [6, 6.07) is 2.31. The number of nitrogens with zero attached hydrogens (tertiary/aromatic N) is 2. The zero-order chi connectivity index (χ0) is 18.8. The van der Waals surface area contributed by atoms with E-state index in [9.17, 15) is 23.2 Å². The fourth-order valence-electron chi connectivity index (χ4n) is 3.50. The van der Waals surface area contributed by atoms with E-state index in [1.165, 1.54) is 6.07 Å². The summed E-state index contributed by atoms with van der Waals surface area (Å²) in [4.78, 5) is 39.5. The summed E-state index contributed by atoms with van der Waals surface area (Å²) in [5, 5.41) is 0. The molecule has 0 radical (unpaired) electrons. The molecular weight excluding hydrogens is 346 g/mol. The quantitative estimate of drug-likeness (QED) is 0.601. The topological polar surface area (TPSA) is 66.9 Å². The smallest absolute Gasteiger partial charge is 0.309 e. The van der Waals surface area contributed by atoms with Crippen molar-refractivity contribution in [1.29, 1.82) is 0 Å². The van der Waals surface area contributed by atoms with Gasteiger partial charge in [-0.2, -0.15) is 0 Å². The Morgan fingerprint density at radius 1 is 1.19 bits per heavy atom. The number of piperidine rings is 1. The van der Waals surface area contributed by atoms with Crippen LogP contribution in [-0.2, 0) is 19.1 Å². The Hall–Kier alpha value is -2.35. The van der Waals surface area contributed by atoms with Gasteiger partial charge in [0.25, 0.3) is 5.91 Å². The van der Waals surface area contributed by atoms with Crippen molar-refractivity contribution >= 4 is 23.5 Å². The van der Waals surface area contributed by atoms with E-state index in [1.54, 1.807) is 6.92 Å². The van der Waals surface area contributed by atoms with Gasteiger partial charge < -0.3 is 4.74 Å². The van der Waals surface area contributed by atoms with E-state index in [4.69, 9.17) is 4.74 Å².